The van der Waals surface area contributed by atoms with E-state index in [4.69, 9.17) is 5.73 Å². The van der Waals surface area contributed by atoms with Gasteiger partial charge in [-0.2, -0.15) is 0 Å². The summed E-state index contributed by atoms with van der Waals surface area (Å²) < 4.78 is 0. The number of carbonyl (C=O) groups is 3. The van der Waals surface area contributed by atoms with E-state index in [2.05, 4.69) is 5.32 Å². The molecule has 0 spiro atoms. The average molecular weight is 340 g/mol. The minimum Gasteiger partial charge on any atom is -0.353 e. The molecule has 1 aromatic rings. The lowest BCUT2D eigenvalue weighted by Crippen LogP contribution is -2.47. The van der Waals surface area contributed by atoms with Crippen molar-refractivity contribution in [2.75, 3.05) is 13.1 Å². The first-order valence-corrected chi connectivity index (χ1v) is 7.45. The molecule has 126 valence electrons. The lowest BCUT2D eigenvalue weighted by atomic mass is 9.99. The third kappa shape index (κ3) is 3.89. The Morgan fingerprint density at radius 3 is 2.22 bits per heavy atom. The number of nitrogens with zero attached hydrogens (tertiary/aromatic N) is 1. The summed E-state index contributed by atoms with van der Waals surface area (Å²) in [5.74, 6) is -0.813. The summed E-state index contributed by atoms with van der Waals surface area (Å²) in [6, 6.07) is 6.13. The lowest BCUT2D eigenvalue weighted by Gasteiger charge is -2.19. The van der Waals surface area contributed by atoms with Crippen LogP contribution in [0.25, 0.3) is 0 Å². The maximum absolute atomic E-state index is 12.1. The Morgan fingerprint density at radius 1 is 1.22 bits per heavy atom. The maximum Gasteiger partial charge on any atom is 0.261 e. The first kappa shape index (κ1) is 19.1. The molecule has 0 aliphatic carbocycles. The molecule has 0 saturated carbocycles. The fraction of sp³-hybridized carbons (Fsp3) is 0.438. The van der Waals surface area contributed by atoms with Gasteiger partial charge in [-0.15, -0.1) is 12.4 Å². The van der Waals surface area contributed by atoms with Gasteiger partial charge in [0.15, 0.2) is 0 Å². The van der Waals surface area contributed by atoms with Crippen LogP contribution < -0.4 is 11.1 Å². The first-order chi connectivity index (χ1) is 10.5. The summed E-state index contributed by atoms with van der Waals surface area (Å²) in [7, 11) is 0. The molecule has 2 unspecified atom stereocenters. The predicted octanol–water partition coefficient (Wildman–Crippen LogP) is 1.19. The van der Waals surface area contributed by atoms with E-state index in [0.717, 1.165) is 11.3 Å². The van der Waals surface area contributed by atoms with Crippen LogP contribution >= 0.6 is 12.4 Å². The van der Waals surface area contributed by atoms with Crippen molar-refractivity contribution in [2.24, 2.45) is 11.7 Å². The zero-order chi connectivity index (χ0) is 16.3. The maximum atomic E-state index is 12.1. The molecule has 0 radical (unpaired) electrons. The second-order valence-corrected chi connectivity index (χ2v) is 5.51. The molecule has 6 nitrogen and oxygen atoms in total. The zero-order valence-corrected chi connectivity index (χ0v) is 14.1. The Morgan fingerprint density at radius 2 is 1.74 bits per heavy atom. The van der Waals surface area contributed by atoms with Gasteiger partial charge in [0.05, 0.1) is 17.2 Å². The number of benzene rings is 1. The van der Waals surface area contributed by atoms with Gasteiger partial charge >= 0.3 is 0 Å². The summed E-state index contributed by atoms with van der Waals surface area (Å²) in [5, 5.41) is 2.68. The van der Waals surface area contributed by atoms with Crippen LogP contribution in [0.2, 0.25) is 0 Å². The number of imide groups is 1. The van der Waals surface area contributed by atoms with Crippen LogP contribution in [0.5, 0.6) is 0 Å². The number of hydrogen-bond donors (Lipinski definition) is 2. The van der Waals surface area contributed by atoms with Crippen molar-refractivity contribution in [1.29, 1.82) is 0 Å². The summed E-state index contributed by atoms with van der Waals surface area (Å²) in [4.78, 5) is 37.3. The molecule has 7 heteroatoms. The summed E-state index contributed by atoms with van der Waals surface area (Å²) in [6.45, 7) is 4.23. The van der Waals surface area contributed by atoms with Gasteiger partial charge in [-0.05, 0) is 18.1 Å². The van der Waals surface area contributed by atoms with E-state index in [1.807, 2.05) is 13.8 Å². The van der Waals surface area contributed by atoms with Gasteiger partial charge in [0.2, 0.25) is 5.91 Å². The molecule has 23 heavy (non-hydrogen) atoms. The van der Waals surface area contributed by atoms with Crippen LogP contribution in [0.4, 0.5) is 0 Å². The number of amides is 3. The second-order valence-electron chi connectivity index (χ2n) is 5.51. The predicted molar refractivity (Wildman–Crippen MR) is 89.5 cm³/mol. The van der Waals surface area contributed by atoms with Crippen molar-refractivity contribution < 1.29 is 14.4 Å². The van der Waals surface area contributed by atoms with Crippen molar-refractivity contribution in [1.82, 2.24) is 10.2 Å². The molecule has 0 bridgehead atoms. The zero-order valence-electron chi connectivity index (χ0n) is 13.2. The third-order valence-electron chi connectivity index (χ3n) is 4.07. The highest BCUT2D eigenvalue weighted by Crippen LogP contribution is 2.21. The van der Waals surface area contributed by atoms with E-state index in [9.17, 15) is 14.4 Å². The summed E-state index contributed by atoms with van der Waals surface area (Å²) in [5.41, 5.74) is 6.65. The van der Waals surface area contributed by atoms with Crippen LogP contribution in [-0.2, 0) is 4.79 Å². The van der Waals surface area contributed by atoms with Crippen LogP contribution in [0.3, 0.4) is 0 Å². The number of fused-ring (bicyclic) bond motifs is 1. The highest BCUT2D eigenvalue weighted by molar-refractivity contribution is 6.21. The second kappa shape index (κ2) is 8.08. The monoisotopic (exact) mass is 339 g/mol. The third-order valence-corrected chi connectivity index (χ3v) is 4.07. The molecule has 0 saturated heterocycles. The lowest BCUT2D eigenvalue weighted by molar-refractivity contribution is -0.123. The Hall–Kier alpha value is -1.92. The van der Waals surface area contributed by atoms with Crippen molar-refractivity contribution in [3.05, 3.63) is 35.4 Å². The van der Waals surface area contributed by atoms with E-state index < -0.39 is 6.04 Å². The van der Waals surface area contributed by atoms with E-state index in [-0.39, 0.29) is 49.1 Å². The van der Waals surface area contributed by atoms with Gasteiger partial charge in [-0.3, -0.25) is 19.3 Å². The van der Waals surface area contributed by atoms with Gasteiger partial charge in [-0.25, -0.2) is 0 Å². The Kier molecular flexibility index (Phi) is 6.72. The largest absolute Gasteiger partial charge is 0.353 e. The number of rotatable bonds is 6. The molecular weight excluding hydrogens is 318 g/mol. The normalized spacial score (nSPS) is 15.7. The van der Waals surface area contributed by atoms with Gasteiger partial charge in [0.1, 0.15) is 0 Å². The SMILES string of the molecule is CCC(C)C(N)C(=O)NCCN1C(=O)c2ccccc2C1=O.Cl. The van der Waals surface area contributed by atoms with Crippen molar-refractivity contribution in [3.63, 3.8) is 0 Å². The average Bonchev–Trinajstić information content (AvgIpc) is 2.78. The Balaban J connectivity index is 0.00000264. The van der Waals surface area contributed by atoms with Crippen molar-refractivity contribution >= 4 is 30.1 Å². The topological polar surface area (TPSA) is 92.5 Å². The van der Waals surface area contributed by atoms with E-state index >= 15 is 0 Å². The molecule has 1 aromatic carbocycles. The number of halogens is 1. The molecule has 1 aliphatic heterocycles. The molecule has 0 fully saturated rings. The molecule has 3 N–H and O–H groups in total. The van der Waals surface area contributed by atoms with Gasteiger partial charge in [0.25, 0.3) is 11.8 Å². The molecule has 2 rings (SSSR count). The number of hydrogen-bond acceptors (Lipinski definition) is 4. The number of nitrogens with one attached hydrogen (secondary N) is 1. The smallest absolute Gasteiger partial charge is 0.261 e. The van der Waals surface area contributed by atoms with Crippen LogP contribution in [-0.4, -0.2) is 41.8 Å². The minimum atomic E-state index is -0.577. The molecular formula is C16H22ClN3O3. The van der Waals surface area contributed by atoms with E-state index in [1.54, 1.807) is 24.3 Å². The fourth-order valence-corrected chi connectivity index (χ4v) is 2.36. The molecule has 1 aliphatic rings. The fourth-order valence-electron chi connectivity index (χ4n) is 2.36. The molecule has 2 atom stereocenters. The molecule has 1 heterocycles. The van der Waals surface area contributed by atoms with Crippen molar-refractivity contribution in [3.8, 4) is 0 Å². The van der Waals surface area contributed by atoms with Gasteiger partial charge in [-0.1, -0.05) is 32.4 Å². The van der Waals surface area contributed by atoms with Crippen LogP contribution in [0, 0.1) is 5.92 Å². The quantitative estimate of drug-likeness (QED) is 0.761. The standard InChI is InChI=1S/C16H21N3O3.ClH/c1-3-10(2)13(17)14(20)18-8-9-19-15(21)11-6-4-5-7-12(11)16(19)22;/h4-7,10,13H,3,8-9,17H2,1-2H3,(H,18,20);1H. The number of nitrogens with two attached hydrogens (primary N) is 1. The number of carbonyl (C=O) groups excluding carboxylic acids is 3. The summed E-state index contributed by atoms with van der Waals surface area (Å²) >= 11 is 0. The Bertz CT molecular complexity index is 571. The molecule has 3 amide bonds. The van der Waals surface area contributed by atoms with Crippen LogP contribution in [0.1, 0.15) is 41.0 Å². The van der Waals surface area contributed by atoms with Crippen molar-refractivity contribution in [2.45, 2.75) is 26.3 Å². The molecule has 0 aromatic heterocycles. The van der Waals surface area contributed by atoms with Crippen LogP contribution in [0.15, 0.2) is 24.3 Å². The van der Waals surface area contributed by atoms with Gasteiger partial charge in [0, 0.05) is 13.1 Å². The first-order valence-electron chi connectivity index (χ1n) is 7.45. The minimum absolute atomic E-state index is 0. The highest BCUT2D eigenvalue weighted by atomic mass is 35.5. The summed E-state index contributed by atoms with van der Waals surface area (Å²) in [6.07, 6.45) is 0.812. The van der Waals surface area contributed by atoms with E-state index in [1.165, 1.54) is 0 Å². The highest BCUT2D eigenvalue weighted by Gasteiger charge is 2.34. The Labute approximate surface area is 141 Å². The van der Waals surface area contributed by atoms with Gasteiger partial charge < -0.3 is 11.1 Å². The van der Waals surface area contributed by atoms with E-state index in [0.29, 0.717) is 11.1 Å².